The summed E-state index contributed by atoms with van der Waals surface area (Å²) in [6.07, 6.45) is 2.60. The first-order chi connectivity index (χ1) is 6.22. The topological polar surface area (TPSA) is 49.7 Å². The molecule has 0 aliphatic carbocycles. The lowest BCUT2D eigenvalue weighted by Crippen LogP contribution is -2.20. The molecule has 0 fully saturated rings. The molecular weight excluding hydrogens is 167 g/mol. The summed E-state index contributed by atoms with van der Waals surface area (Å²) >= 11 is 0. The van der Waals surface area contributed by atoms with Crippen LogP contribution in [0.5, 0.6) is 5.75 Å². The van der Waals surface area contributed by atoms with Crippen LogP contribution in [0, 0.1) is 0 Å². The van der Waals surface area contributed by atoms with Crippen molar-refractivity contribution in [1.29, 1.82) is 0 Å². The van der Waals surface area contributed by atoms with Gasteiger partial charge in [0.15, 0.2) is 0 Å². The Kier molecular flexibility index (Phi) is 3.55. The molecule has 0 amide bonds. The summed E-state index contributed by atoms with van der Waals surface area (Å²) in [5.74, 6) is 0.433. The zero-order valence-electron chi connectivity index (χ0n) is 7.18. The maximum atomic E-state index is 8.50. The summed E-state index contributed by atoms with van der Waals surface area (Å²) in [7, 11) is -1.76. The van der Waals surface area contributed by atoms with Gasteiger partial charge in [-0.25, -0.2) is 0 Å². The van der Waals surface area contributed by atoms with E-state index in [1.165, 1.54) is 0 Å². The number of rotatable bonds is 4. The molecule has 0 unspecified atom stereocenters. The fraction of sp³-hybridized carbons (Fsp3) is 0.111. The smallest absolute Gasteiger partial charge is 0.512 e. The highest BCUT2D eigenvalue weighted by atomic mass is 16.6. The second kappa shape index (κ2) is 4.69. The molecule has 1 aromatic carbocycles. The lowest BCUT2D eigenvalue weighted by atomic mass is 10.1. The molecule has 0 saturated heterocycles. The standard InChI is InChI=1S/C9H11BO3/c1-2-3-8-4-6-9(7-5-8)13-10(11)12/h2,4-7,11-12H,1,3H2. The second-order valence-corrected chi connectivity index (χ2v) is 2.58. The maximum absolute atomic E-state index is 8.50. The van der Waals surface area contributed by atoms with Gasteiger partial charge in [0.05, 0.1) is 0 Å². The highest BCUT2D eigenvalue weighted by molar-refractivity contribution is 6.33. The molecule has 0 radical (unpaired) electrons. The van der Waals surface area contributed by atoms with E-state index in [-0.39, 0.29) is 0 Å². The van der Waals surface area contributed by atoms with Gasteiger partial charge in [0, 0.05) is 0 Å². The molecule has 0 atom stereocenters. The van der Waals surface area contributed by atoms with E-state index in [9.17, 15) is 0 Å². The molecule has 0 heterocycles. The van der Waals surface area contributed by atoms with Gasteiger partial charge in [-0.2, -0.15) is 0 Å². The van der Waals surface area contributed by atoms with Crippen molar-refractivity contribution >= 4 is 7.32 Å². The molecule has 0 aliphatic heterocycles. The molecule has 68 valence electrons. The minimum absolute atomic E-state index is 0.433. The van der Waals surface area contributed by atoms with E-state index in [0.717, 1.165) is 12.0 Å². The van der Waals surface area contributed by atoms with E-state index in [2.05, 4.69) is 11.2 Å². The van der Waals surface area contributed by atoms with Gasteiger partial charge >= 0.3 is 7.32 Å². The van der Waals surface area contributed by atoms with Gasteiger partial charge < -0.3 is 14.7 Å². The van der Waals surface area contributed by atoms with Crippen molar-refractivity contribution in [3.63, 3.8) is 0 Å². The summed E-state index contributed by atoms with van der Waals surface area (Å²) in [6, 6.07) is 7.05. The molecule has 1 aromatic rings. The summed E-state index contributed by atoms with van der Waals surface area (Å²) in [5.41, 5.74) is 1.11. The Morgan fingerprint density at radius 2 is 1.92 bits per heavy atom. The minimum Gasteiger partial charge on any atom is -0.512 e. The van der Waals surface area contributed by atoms with Crippen LogP contribution >= 0.6 is 0 Å². The molecule has 0 saturated carbocycles. The minimum atomic E-state index is -1.76. The summed E-state index contributed by atoms with van der Waals surface area (Å²) in [4.78, 5) is 0. The summed E-state index contributed by atoms with van der Waals surface area (Å²) in [6.45, 7) is 3.62. The van der Waals surface area contributed by atoms with Crippen LogP contribution in [0.4, 0.5) is 0 Å². The molecule has 3 nitrogen and oxygen atoms in total. The van der Waals surface area contributed by atoms with Gasteiger partial charge in [-0.1, -0.05) is 18.2 Å². The van der Waals surface area contributed by atoms with Crippen molar-refractivity contribution in [1.82, 2.24) is 0 Å². The van der Waals surface area contributed by atoms with Crippen LogP contribution in [0.2, 0.25) is 0 Å². The second-order valence-electron chi connectivity index (χ2n) is 2.58. The first-order valence-electron chi connectivity index (χ1n) is 3.95. The van der Waals surface area contributed by atoms with Crippen molar-refractivity contribution in [2.45, 2.75) is 6.42 Å². The van der Waals surface area contributed by atoms with E-state index in [0.29, 0.717) is 5.75 Å². The van der Waals surface area contributed by atoms with Crippen LogP contribution in [0.25, 0.3) is 0 Å². The Labute approximate surface area is 77.5 Å². The lowest BCUT2D eigenvalue weighted by Gasteiger charge is -2.04. The average molecular weight is 178 g/mol. The van der Waals surface area contributed by atoms with Gasteiger partial charge in [-0.3, -0.25) is 0 Å². The van der Waals surface area contributed by atoms with E-state index in [4.69, 9.17) is 10.0 Å². The van der Waals surface area contributed by atoms with Crippen LogP contribution in [0.15, 0.2) is 36.9 Å². The third kappa shape index (κ3) is 3.31. The third-order valence-corrected chi connectivity index (χ3v) is 1.54. The normalized spacial score (nSPS) is 9.38. The predicted octanol–water partition coefficient (Wildman–Crippen LogP) is 0.763. The van der Waals surface area contributed by atoms with Crippen molar-refractivity contribution in [2.24, 2.45) is 0 Å². The zero-order valence-corrected chi connectivity index (χ0v) is 7.18. The largest absolute Gasteiger partial charge is 0.707 e. The number of hydrogen-bond acceptors (Lipinski definition) is 3. The Balaban J connectivity index is 2.63. The van der Waals surface area contributed by atoms with Crippen molar-refractivity contribution in [3.8, 4) is 5.75 Å². The Morgan fingerprint density at radius 3 is 2.38 bits per heavy atom. The third-order valence-electron chi connectivity index (χ3n) is 1.54. The van der Waals surface area contributed by atoms with Crippen molar-refractivity contribution in [2.75, 3.05) is 0 Å². The van der Waals surface area contributed by atoms with Gasteiger partial charge in [-0.15, -0.1) is 6.58 Å². The van der Waals surface area contributed by atoms with Crippen LogP contribution < -0.4 is 4.65 Å². The molecular formula is C9H11BO3. The van der Waals surface area contributed by atoms with Crippen LogP contribution in [0.3, 0.4) is 0 Å². The quantitative estimate of drug-likeness (QED) is 0.528. The maximum Gasteiger partial charge on any atom is 0.707 e. The first-order valence-corrected chi connectivity index (χ1v) is 3.95. The molecule has 0 aromatic heterocycles. The number of hydrogen-bond donors (Lipinski definition) is 2. The Hall–Kier alpha value is -1.26. The van der Waals surface area contributed by atoms with Crippen molar-refractivity contribution in [3.05, 3.63) is 42.5 Å². The Morgan fingerprint density at radius 1 is 1.31 bits per heavy atom. The fourth-order valence-corrected chi connectivity index (χ4v) is 0.992. The molecule has 0 aliphatic rings. The average Bonchev–Trinajstić information content (AvgIpc) is 2.08. The van der Waals surface area contributed by atoms with Gasteiger partial charge in [0.25, 0.3) is 0 Å². The number of allylic oxidation sites excluding steroid dienone is 1. The van der Waals surface area contributed by atoms with Gasteiger partial charge in [0.1, 0.15) is 5.75 Å². The SMILES string of the molecule is C=CCc1ccc(OB(O)O)cc1. The highest BCUT2D eigenvalue weighted by Crippen LogP contribution is 2.12. The summed E-state index contributed by atoms with van der Waals surface area (Å²) < 4.78 is 4.63. The molecule has 0 spiro atoms. The van der Waals surface area contributed by atoms with E-state index >= 15 is 0 Å². The van der Waals surface area contributed by atoms with Gasteiger partial charge in [0.2, 0.25) is 0 Å². The highest BCUT2D eigenvalue weighted by Gasteiger charge is 2.10. The van der Waals surface area contributed by atoms with Crippen LogP contribution in [-0.4, -0.2) is 17.4 Å². The fourth-order valence-electron chi connectivity index (χ4n) is 0.992. The van der Waals surface area contributed by atoms with Gasteiger partial charge in [-0.05, 0) is 24.1 Å². The van der Waals surface area contributed by atoms with E-state index in [1.807, 2.05) is 12.1 Å². The lowest BCUT2D eigenvalue weighted by molar-refractivity contribution is 0.288. The molecule has 2 N–H and O–H groups in total. The monoisotopic (exact) mass is 178 g/mol. The molecule has 13 heavy (non-hydrogen) atoms. The summed E-state index contributed by atoms with van der Waals surface area (Å²) in [5, 5.41) is 17.0. The number of benzene rings is 1. The van der Waals surface area contributed by atoms with Crippen LogP contribution in [0.1, 0.15) is 5.56 Å². The van der Waals surface area contributed by atoms with Crippen LogP contribution in [-0.2, 0) is 6.42 Å². The predicted molar refractivity (Wildman–Crippen MR) is 51.2 cm³/mol. The zero-order chi connectivity index (χ0) is 9.68. The van der Waals surface area contributed by atoms with Crippen molar-refractivity contribution < 1.29 is 14.7 Å². The molecule has 0 bridgehead atoms. The first kappa shape index (κ1) is 9.83. The van der Waals surface area contributed by atoms with E-state index in [1.54, 1.807) is 18.2 Å². The van der Waals surface area contributed by atoms with E-state index < -0.39 is 7.32 Å². The molecule has 1 rings (SSSR count). The Bertz CT molecular complexity index is 269. The molecule has 4 heteroatoms.